The van der Waals surface area contributed by atoms with Crippen LogP contribution in [0.15, 0.2) is 54.7 Å². The third kappa shape index (κ3) is 6.78. The number of aromatic hydroxyl groups is 1. The Bertz CT molecular complexity index is 1380. The van der Waals surface area contributed by atoms with E-state index in [1.807, 2.05) is 48.8 Å². The van der Waals surface area contributed by atoms with Crippen molar-refractivity contribution in [3.63, 3.8) is 0 Å². The highest BCUT2D eigenvalue weighted by Crippen LogP contribution is 2.34. The number of fused-ring (bicyclic) bond motifs is 1. The lowest BCUT2D eigenvalue weighted by Crippen LogP contribution is -2.61. The first-order valence-electron chi connectivity index (χ1n) is 14.5. The van der Waals surface area contributed by atoms with Crippen molar-refractivity contribution in [2.75, 3.05) is 38.3 Å². The topological polar surface area (TPSA) is 87.5 Å². The Labute approximate surface area is 242 Å². The molecule has 1 atom stereocenters. The summed E-state index contributed by atoms with van der Waals surface area (Å²) in [5.74, 6) is 0.129. The molecule has 1 aromatic heterocycles. The van der Waals surface area contributed by atoms with Crippen LogP contribution in [-0.4, -0.2) is 82.5 Å². The number of rotatable bonds is 9. The Morgan fingerprint density at radius 3 is 2.56 bits per heavy atom. The second-order valence-corrected chi connectivity index (χ2v) is 12.1. The number of amides is 2. The molecule has 3 aromatic rings. The number of methoxy groups -OCH3 is 1. The van der Waals surface area contributed by atoms with Gasteiger partial charge in [0.05, 0.1) is 6.54 Å². The van der Waals surface area contributed by atoms with Crippen LogP contribution >= 0.6 is 0 Å². The molecule has 1 N–H and O–H groups in total. The highest BCUT2D eigenvalue weighted by atomic mass is 16.6. The fourth-order valence-electron chi connectivity index (χ4n) is 5.63. The predicted octanol–water partition coefficient (Wildman–Crippen LogP) is 5.00. The quantitative estimate of drug-likeness (QED) is 0.370. The van der Waals surface area contributed by atoms with Crippen molar-refractivity contribution in [2.45, 2.75) is 70.8 Å². The molecule has 2 aliphatic rings. The average molecular weight is 563 g/mol. The summed E-state index contributed by atoms with van der Waals surface area (Å²) in [5, 5.41) is 11.3. The number of anilines is 1. The molecule has 5 rings (SSSR count). The van der Waals surface area contributed by atoms with Crippen molar-refractivity contribution in [1.82, 2.24) is 14.4 Å². The summed E-state index contributed by atoms with van der Waals surface area (Å²) >= 11 is 0. The van der Waals surface area contributed by atoms with Crippen molar-refractivity contribution in [3.05, 3.63) is 60.3 Å². The van der Waals surface area contributed by atoms with Crippen molar-refractivity contribution in [2.24, 2.45) is 0 Å². The Kier molecular flexibility index (Phi) is 8.45. The summed E-state index contributed by atoms with van der Waals surface area (Å²) in [7, 11) is 1.72. The van der Waals surface area contributed by atoms with E-state index < -0.39 is 17.7 Å². The summed E-state index contributed by atoms with van der Waals surface area (Å²) in [6.07, 6.45) is 4.59. The van der Waals surface area contributed by atoms with E-state index in [9.17, 15) is 14.7 Å². The monoisotopic (exact) mass is 562 g/mol. The number of phenols is 1. The highest BCUT2D eigenvalue weighted by molar-refractivity contribution is 5.89. The average Bonchev–Trinajstić information content (AvgIpc) is 3.73. The molecule has 2 amide bonds. The summed E-state index contributed by atoms with van der Waals surface area (Å²) in [5.41, 5.74) is 2.40. The molecule has 1 saturated heterocycles. The van der Waals surface area contributed by atoms with Crippen molar-refractivity contribution in [3.8, 4) is 5.75 Å². The Hall–Kier alpha value is -3.72. The molecule has 9 heteroatoms. The highest BCUT2D eigenvalue weighted by Gasteiger charge is 2.42. The number of hydrogen-bond acceptors (Lipinski definition) is 6. The lowest BCUT2D eigenvalue weighted by molar-refractivity contribution is -0.134. The number of piperazine rings is 1. The number of para-hydroxylation sites is 1. The molecule has 1 saturated carbocycles. The lowest BCUT2D eigenvalue weighted by Gasteiger charge is -2.43. The van der Waals surface area contributed by atoms with Crippen LogP contribution in [-0.2, 0) is 27.4 Å². The van der Waals surface area contributed by atoms with Crippen LogP contribution in [0, 0.1) is 0 Å². The van der Waals surface area contributed by atoms with Crippen LogP contribution in [0.3, 0.4) is 0 Å². The molecule has 220 valence electrons. The minimum atomic E-state index is -0.629. The van der Waals surface area contributed by atoms with E-state index in [0.29, 0.717) is 26.2 Å². The van der Waals surface area contributed by atoms with Gasteiger partial charge in [0, 0.05) is 74.8 Å². The largest absolute Gasteiger partial charge is 0.508 e. The third-order valence-electron chi connectivity index (χ3n) is 7.71. The molecule has 1 unspecified atom stereocenters. The van der Waals surface area contributed by atoms with E-state index in [1.165, 1.54) is 0 Å². The number of hydrogen-bond donors (Lipinski definition) is 1. The van der Waals surface area contributed by atoms with Gasteiger partial charge in [-0.25, -0.2) is 4.79 Å². The number of carbonyl (C=O) groups excluding carboxylic acids is 2. The molecule has 2 heterocycles. The second-order valence-electron chi connectivity index (χ2n) is 12.1. The van der Waals surface area contributed by atoms with Crippen molar-refractivity contribution < 1.29 is 24.2 Å². The van der Waals surface area contributed by atoms with Crippen LogP contribution in [0.1, 0.15) is 45.6 Å². The van der Waals surface area contributed by atoms with E-state index in [1.54, 1.807) is 30.2 Å². The number of ether oxygens (including phenoxy) is 2. The minimum absolute atomic E-state index is 0.0136. The Balaban J connectivity index is 1.44. The Morgan fingerprint density at radius 2 is 1.85 bits per heavy atom. The SMILES string of the molecule is COCCCn1cc(CN(C(=O)C2CN(C(=O)OC(C)(C)C)CCN2c2cccc(O)c2)C2CC2)c2ccccc21. The van der Waals surface area contributed by atoms with Crippen molar-refractivity contribution >= 4 is 28.6 Å². The smallest absolute Gasteiger partial charge is 0.410 e. The number of carbonyl (C=O) groups is 2. The van der Waals surface area contributed by atoms with Gasteiger partial charge in [-0.15, -0.1) is 0 Å². The molecule has 0 bridgehead atoms. The molecule has 0 radical (unpaired) electrons. The zero-order valence-electron chi connectivity index (χ0n) is 24.6. The van der Waals surface area contributed by atoms with Gasteiger partial charge >= 0.3 is 6.09 Å². The molecular formula is C32H42N4O5. The molecule has 2 aromatic carbocycles. The van der Waals surface area contributed by atoms with Gasteiger partial charge in [-0.2, -0.15) is 0 Å². The summed E-state index contributed by atoms with van der Waals surface area (Å²) in [6.45, 7) is 8.65. The van der Waals surface area contributed by atoms with Crippen molar-refractivity contribution in [1.29, 1.82) is 0 Å². The van der Waals surface area contributed by atoms with Gasteiger partial charge in [0.2, 0.25) is 5.91 Å². The predicted molar refractivity (Wildman–Crippen MR) is 159 cm³/mol. The van der Waals surface area contributed by atoms with Gasteiger partial charge in [-0.05, 0) is 63.8 Å². The van der Waals surface area contributed by atoms with Gasteiger partial charge in [-0.3, -0.25) is 4.79 Å². The number of benzene rings is 2. The van der Waals surface area contributed by atoms with E-state index in [-0.39, 0.29) is 24.2 Å². The fourth-order valence-corrected chi connectivity index (χ4v) is 5.63. The van der Waals surface area contributed by atoms with E-state index in [4.69, 9.17) is 9.47 Å². The molecule has 41 heavy (non-hydrogen) atoms. The van der Waals surface area contributed by atoms with Crippen LogP contribution < -0.4 is 4.90 Å². The number of aromatic nitrogens is 1. The third-order valence-corrected chi connectivity index (χ3v) is 7.71. The molecule has 2 fully saturated rings. The summed E-state index contributed by atoms with van der Waals surface area (Å²) in [6, 6.07) is 14.9. The zero-order valence-corrected chi connectivity index (χ0v) is 24.6. The van der Waals surface area contributed by atoms with Gasteiger partial charge in [-0.1, -0.05) is 24.3 Å². The van der Waals surface area contributed by atoms with E-state index in [0.717, 1.165) is 48.0 Å². The van der Waals surface area contributed by atoms with Crippen LogP contribution in [0.25, 0.3) is 10.9 Å². The molecule has 9 nitrogen and oxygen atoms in total. The van der Waals surface area contributed by atoms with Crippen LogP contribution in [0.2, 0.25) is 0 Å². The standard InChI is InChI=1S/C32H42N4O5/c1-32(2,3)41-31(39)34-16-17-35(25-9-7-10-26(37)19-25)29(22-34)30(38)36(24-13-14-24)21-23-20-33(15-8-18-40-4)28-12-6-5-11-27(23)28/h5-7,9-12,19-20,24,29,37H,8,13-18,21-22H2,1-4H3. The second kappa shape index (κ2) is 12.0. The minimum Gasteiger partial charge on any atom is -0.508 e. The first-order chi connectivity index (χ1) is 19.6. The molecule has 1 aliphatic carbocycles. The van der Waals surface area contributed by atoms with E-state index in [2.05, 4.69) is 22.9 Å². The maximum Gasteiger partial charge on any atom is 0.410 e. The number of phenolic OH excluding ortho intramolecular Hbond substituents is 1. The van der Waals surface area contributed by atoms with Gasteiger partial charge in [0.1, 0.15) is 17.4 Å². The fraction of sp³-hybridized carbons (Fsp3) is 0.500. The Morgan fingerprint density at radius 1 is 1.07 bits per heavy atom. The zero-order chi connectivity index (χ0) is 29.1. The first kappa shape index (κ1) is 28.8. The van der Waals surface area contributed by atoms with Crippen LogP contribution in [0.4, 0.5) is 10.5 Å². The van der Waals surface area contributed by atoms with E-state index >= 15 is 0 Å². The summed E-state index contributed by atoms with van der Waals surface area (Å²) in [4.78, 5) is 33.2. The molecule has 1 aliphatic heterocycles. The number of aryl methyl sites for hydroxylation is 1. The van der Waals surface area contributed by atoms with Gasteiger partial charge < -0.3 is 33.8 Å². The maximum atomic E-state index is 14.5. The normalized spacial score (nSPS) is 17.6. The molecular weight excluding hydrogens is 520 g/mol. The first-order valence-corrected chi connectivity index (χ1v) is 14.5. The maximum absolute atomic E-state index is 14.5. The van der Waals surface area contributed by atoms with Gasteiger partial charge in [0.25, 0.3) is 0 Å². The molecule has 0 spiro atoms. The van der Waals surface area contributed by atoms with Gasteiger partial charge in [0.15, 0.2) is 0 Å². The number of nitrogens with zero attached hydrogens (tertiary/aromatic N) is 4. The lowest BCUT2D eigenvalue weighted by atomic mass is 10.1. The van der Waals surface area contributed by atoms with Crippen LogP contribution in [0.5, 0.6) is 5.75 Å². The summed E-state index contributed by atoms with van der Waals surface area (Å²) < 4.78 is 13.2.